The van der Waals surface area contributed by atoms with Gasteiger partial charge in [-0.3, -0.25) is 24.8 Å². The zero-order chi connectivity index (χ0) is 12.9. The van der Waals surface area contributed by atoms with Crippen molar-refractivity contribution in [3.05, 3.63) is 48.6 Å². The Bertz CT molecular complexity index is 507. The molecule has 0 aromatic carbocycles. The second-order valence-corrected chi connectivity index (χ2v) is 4.42. The normalized spacial score (nSPS) is 20.3. The Morgan fingerprint density at radius 3 is 2.68 bits per heavy atom. The van der Waals surface area contributed by atoms with Gasteiger partial charge in [-0.25, -0.2) is 0 Å². The van der Waals surface area contributed by atoms with Gasteiger partial charge >= 0.3 is 0 Å². The number of rotatable bonds is 3. The molecule has 0 bridgehead atoms. The zero-order valence-electron chi connectivity index (χ0n) is 10.5. The first kappa shape index (κ1) is 12.1. The molecule has 0 saturated carbocycles. The van der Waals surface area contributed by atoms with Crippen LogP contribution >= 0.6 is 0 Å². The fourth-order valence-corrected chi connectivity index (χ4v) is 2.14. The largest absolute Gasteiger partial charge is 0.369 e. The number of ether oxygens (including phenoxy) is 1. The van der Waals surface area contributed by atoms with E-state index < -0.39 is 0 Å². The van der Waals surface area contributed by atoms with Crippen LogP contribution in [0.4, 0.5) is 0 Å². The summed E-state index contributed by atoms with van der Waals surface area (Å²) in [5.41, 5.74) is 1.86. The number of hydrogen-bond donors (Lipinski definition) is 0. The molecule has 0 spiro atoms. The molecule has 6 heteroatoms. The lowest BCUT2D eigenvalue weighted by Gasteiger charge is -2.32. The van der Waals surface area contributed by atoms with Gasteiger partial charge in [-0.15, -0.1) is 0 Å². The van der Waals surface area contributed by atoms with Crippen molar-refractivity contribution in [2.75, 3.05) is 19.7 Å². The summed E-state index contributed by atoms with van der Waals surface area (Å²) >= 11 is 0. The van der Waals surface area contributed by atoms with E-state index in [1.54, 1.807) is 37.2 Å². The van der Waals surface area contributed by atoms with Crippen molar-refractivity contribution in [2.24, 2.45) is 0 Å². The van der Waals surface area contributed by atoms with Gasteiger partial charge in [-0.1, -0.05) is 0 Å². The number of hydrogen-bond acceptors (Lipinski definition) is 6. The minimum absolute atomic E-state index is 0.0147. The SMILES string of the molecule is c1cnc(CN2CCO[C@@H](c3cnccn3)C2)cn1. The second-order valence-electron chi connectivity index (χ2n) is 4.42. The Kier molecular flexibility index (Phi) is 3.71. The van der Waals surface area contributed by atoms with Gasteiger partial charge in [-0.05, 0) is 0 Å². The molecule has 0 aliphatic carbocycles. The van der Waals surface area contributed by atoms with Crippen LogP contribution in [0.15, 0.2) is 37.2 Å². The minimum atomic E-state index is -0.0147. The van der Waals surface area contributed by atoms with Crippen LogP contribution in [-0.2, 0) is 11.3 Å². The molecule has 1 fully saturated rings. The molecular formula is C13H15N5O. The predicted octanol–water partition coefficient (Wildman–Crippen LogP) is 0.840. The average molecular weight is 257 g/mol. The summed E-state index contributed by atoms with van der Waals surface area (Å²) < 4.78 is 5.75. The van der Waals surface area contributed by atoms with Crippen molar-refractivity contribution < 1.29 is 4.74 Å². The monoisotopic (exact) mass is 257 g/mol. The maximum Gasteiger partial charge on any atom is 0.114 e. The van der Waals surface area contributed by atoms with E-state index in [2.05, 4.69) is 24.8 Å². The van der Waals surface area contributed by atoms with Gasteiger partial charge < -0.3 is 4.74 Å². The van der Waals surface area contributed by atoms with Crippen LogP contribution < -0.4 is 0 Å². The molecule has 1 aliphatic rings. The summed E-state index contributed by atoms with van der Waals surface area (Å²) in [7, 11) is 0. The second kappa shape index (κ2) is 5.81. The number of nitrogens with zero attached hydrogens (tertiary/aromatic N) is 5. The predicted molar refractivity (Wildman–Crippen MR) is 68.0 cm³/mol. The van der Waals surface area contributed by atoms with Crippen LogP contribution in [0.5, 0.6) is 0 Å². The molecule has 0 radical (unpaired) electrons. The van der Waals surface area contributed by atoms with Crippen LogP contribution in [0.3, 0.4) is 0 Å². The lowest BCUT2D eigenvalue weighted by atomic mass is 10.2. The highest BCUT2D eigenvalue weighted by molar-refractivity contribution is 5.02. The smallest absolute Gasteiger partial charge is 0.114 e. The first-order valence-electron chi connectivity index (χ1n) is 6.26. The Morgan fingerprint density at radius 2 is 1.95 bits per heavy atom. The van der Waals surface area contributed by atoms with E-state index in [4.69, 9.17) is 4.74 Å². The fourth-order valence-electron chi connectivity index (χ4n) is 2.14. The van der Waals surface area contributed by atoms with Crippen molar-refractivity contribution in [1.82, 2.24) is 24.8 Å². The molecule has 6 nitrogen and oxygen atoms in total. The Morgan fingerprint density at radius 1 is 1.11 bits per heavy atom. The Labute approximate surface area is 111 Å². The van der Waals surface area contributed by atoms with E-state index in [1.807, 2.05) is 0 Å². The lowest BCUT2D eigenvalue weighted by Crippen LogP contribution is -2.38. The third-order valence-electron chi connectivity index (χ3n) is 3.07. The van der Waals surface area contributed by atoms with E-state index in [9.17, 15) is 0 Å². The summed E-state index contributed by atoms with van der Waals surface area (Å²) in [6, 6.07) is 0. The maximum absolute atomic E-state index is 5.75. The molecule has 3 rings (SSSR count). The summed E-state index contributed by atoms with van der Waals surface area (Å²) in [5, 5.41) is 0. The third kappa shape index (κ3) is 3.10. The van der Waals surface area contributed by atoms with Crippen molar-refractivity contribution in [1.29, 1.82) is 0 Å². The molecule has 98 valence electrons. The standard InChI is InChI=1S/C13H15N5O/c1-3-16-11(7-14-1)9-18-5-6-19-13(10-18)12-8-15-2-4-17-12/h1-4,7-8,13H,5-6,9-10H2/t13-/m1/s1. The number of aromatic nitrogens is 4. The Balaban J connectivity index is 1.65. The van der Waals surface area contributed by atoms with Crippen molar-refractivity contribution >= 4 is 0 Å². The van der Waals surface area contributed by atoms with Crippen LogP contribution in [0.1, 0.15) is 17.5 Å². The molecule has 3 heterocycles. The minimum Gasteiger partial charge on any atom is -0.369 e. The van der Waals surface area contributed by atoms with Crippen LogP contribution in [0, 0.1) is 0 Å². The van der Waals surface area contributed by atoms with Gasteiger partial charge in [0.05, 0.1) is 24.2 Å². The molecule has 1 atom stereocenters. The summed E-state index contributed by atoms with van der Waals surface area (Å²) in [5.74, 6) is 0. The van der Waals surface area contributed by atoms with E-state index in [1.165, 1.54) is 0 Å². The topological polar surface area (TPSA) is 64.0 Å². The van der Waals surface area contributed by atoms with Crippen LogP contribution in [0.2, 0.25) is 0 Å². The van der Waals surface area contributed by atoms with Crippen molar-refractivity contribution in [3.63, 3.8) is 0 Å². The first-order chi connectivity index (χ1) is 9.42. The van der Waals surface area contributed by atoms with E-state index >= 15 is 0 Å². The van der Waals surface area contributed by atoms with E-state index in [0.717, 1.165) is 31.0 Å². The Hall–Kier alpha value is -1.92. The van der Waals surface area contributed by atoms with Gasteiger partial charge in [-0.2, -0.15) is 0 Å². The van der Waals surface area contributed by atoms with Gasteiger partial charge in [0.2, 0.25) is 0 Å². The number of morpholine rings is 1. The quantitative estimate of drug-likeness (QED) is 0.812. The van der Waals surface area contributed by atoms with Gasteiger partial charge in [0.25, 0.3) is 0 Å². The molecule has 2 aromatic rings. The summed E-state index contributed by atoms with van der Waals surface area (Å²) in [6.45, 7) is 3.18. The lowest BCUT2D eigenvalue weighted by molar-refractivity contribution is -0.0355. The van der Waals surface area contributed by atoms with Crippen LogP contribution in [-0.4, -0.2) is 44.5 Å². The highest BCUT2D eigenvalue weighted by atomic mass is 16.5. The van der Waals surface area contributed by atoms with Gasteiger partial charge in [0, 0.05) is 50.6 Å². The van der Waals surface area contributed by atoms with E-state index in [0.29, 0.717) is 6.61 Å². The highest BCUT2D eigenvalue weighted by Crippen LogP contribution is 2.20. The highest BCUT2D eigenvalue weighted by Gasteiger charge is 2.23. The van der Waals surface area contributed by atoms with Gasteiger partial charge in [0.1, 0.15) is 6.10 Å². The summed E-state index contributed by atoms with van der Waals surface area (Å²) in [6.07, 6.45) is 10.3. The molecule has 19 heavy (non-hydrogen) atoms. The van der Waals surface area contributed by atoms with Crippen molar-refractivity contribution in [3.8, 4) is 0 Å². The van der Waals surface area contributed by atoms with Crippen molar-refractivity contribution in [2.45, 2.75) is 12.6 Å². The van der Waals surface area contributed by atoms with Crippen LogP contribution in [0.25, 0.3) is 0 Å². The molecule has 2 aromatic heterocycles. The molecule has 1 saturated heterocycles. The average Bonchev–Trinajstić information content (AvgIpc) is 2.49. The summed E-state index contributed by atoms with van der Waals surface area (Å²) in [4.78, 5) is 19.1. The molecule has 0 unspecified atom stereocenters. The van der Waals surface area contributed by atoms with E-state index in [-0.39, 0.29) is 6.10 Å². The molecular weight excluding hydrogens is 242 g/mol. The molecule has 0 N–H and O–H groups in total. The first-order valence-corrected chi connectivity index (χ1v) is 6.26. The fraction of sp³-hybridized carbons (Fsp3) is 0.385. The zero-order valence-corrected chi connectivity index (χ0v) is 10.5. The molecule has 0 amide bonds. The van der Waals surface area contributed by atoms with Gasteiger partial charge in [0.15, 0.2) is 0 Å². The third-order valence-corrected chi connectivity index (χ3v) is 3.07. The maximum atomic E-state index is 5.75. The molecule has 1 aliphatic heterocycles.